The Labute approximate surface area is 241 Å². The highest BCUT2D eigenvalue weighted by Crippen LogP contribution is 2.16. The van der Waals surface area contributed by atoms with Gasteiger partial charge in [0.1, 0.15) is 0 Å². The van der Waals surface area contributed by atoms with Gasteiger partial charge in [-0.25, -0.2) is 0 Å². The molecule has 0 spiro atoms. The van der Waals surface area contributed by atoms with Crippen molar-refractivity contribution in [2.45, 2.75) is 219 Å². The maximum Gasteiger partial charge on any atom is 0.219 e. The van der Waals surface area contributed by atoms with Crippen LogP contribution in [0.25, 0.3) is 0 Å². The van der Waals surface area contributed by atoms with Crippen LogP contribution in [0.4, 0.5) is 0 Å². The normalized spacial score (nSPS) is 11.3. The molecule has 0 aliphatic heterocycles. The molecule has 0 heterocycles. The molecule has 2 nitrogen and oxygen atoms in total. The van der Waals surface area contributed by atoms with Gasteiger partial charge in [0.15, 0.2) is 0 Å². The minimum Gasteiger partial charge on any atom is -0.356 e. The third-order valence-corrected chi connectivity index (χ3v) is 8.36. The molecule has 0 radical (unpaired) electrons. The Hall–Kier alpha value is -0.530. The topological polar surface area (TPSA) is 29.1 Å². The fraction of sp³-hybridized carbons (Fsp3) is 0.972. The fourth-order valence-corrected chi connectivity index (χ4v) is 5.65. The second kappa shape index (κ2) is 34.5. The zero-order chi connectivity index (χ0) is 27.6. The molecule has 0 rings (SSSR count). The summed E-state index contributed by atoms with van der Waals surface area (Å²) in [6.45, 7) is 5.43. The van der Waals surface area contributed by atoms with Crippen LogP contribution in [0.2, 0.25) is 0 Å². The largest absolute Gasteiger partial charge is 0.356 e. The molecule has 38 heavy (non-hydrogen) atoms. The van der Waals surface area contributed by atoms with Crippen LogP contribution in [0.3, 0.4) is 0 Å². The number of amides is 1. The Bertz CT molecular complexity index is 435. The van der Waals surface area contributed by atoms with Crippen molar-refractivity contribution in [2.24, 2.45) is 0 Å². The first-order chi connectivity index (χ1) is 18.8. The Morgan fingerprint density at radius 1 is 0.342 bits per heavy atom. The van der Waals surface area contributed by atoms with Crippen LogP contribution in [0.1, 0.15) is 219 Å². The molecule has 0 aromatic heterocycles. The van der Waals surface area contributed by atoms with Crippen LogP contribution in [-0.2, 0) is 4.79 Å². The summed E-state index contributed by atoms with van der Waals surface area (Å²) < 4.78 is 0. The van der Waals surface area contributed by atoms with E-state index in [4.69, 9.17) is 0 Å². The molecule has 0 aliphatic carbocycles. The average Bonchev–Trinajstić information content (AvgIpc) is 2.92. The van der Waals surface area contributed by atoms with Crippen molar-refractivity contribution in [2.75, 3.05) is 6.54 Å². The van der Waals surface area contributed by atoms with Gasteiger partial charge in [-0.05, 0) is 12.8 Å². The van der Waals surface area contributed by atoms with Crippen molar-refractivity contribution in [1.29, 1.82) is 0 Å². The number of unbranched alkanes of at least 4 members (excludes halogenated alkanes) is 29. The van der Waals surface area contributed by atoms with Gasteiger partial charge < -0.3 is 5.32 Å². The molecule has 228 valence electrons. The van der Waals surface area contributed by atoms with E-state index >= 15 is 0 Å². The summed E-state index contributed by atoms with van der Waals surface area (Å²) in [5.41, 5.74) is 0. The van der Waals surface area contributed by atoms with E-state index in [-0.39, 0.29) is 5.91 Å². The SMILES string of the molecule is CCCCCCCCCCCCCCCCCCCCCCCCCCCC(=O)NCCCCCCCC. The lowest BCUT2D eigenvalue weighted by Crippen LogP contribution is -2.23. The zero-order valence-corrected chi connectivity index (χ0v) is 26.7. The number of rotatable bonds is 33. The lowest BCUT2D eigenvalue weighted by atomic mass is 10.0. The Balaban J connectivity index is 3.10. The van der Waals surface area contributed by atoms with Crippen molar-refractivity contribution in [3.05, 3.63) is 0 Å². The molecule has 0 aliphatic rings. The lowest BCUT2D eigenvalue weighted by Gasteiger charge is -2.06. The maximum atomic E-state index is 11.9. The van der Waals surface area contributed by atoms with Crippen molar-refractivity contribution in [3.63, 3.8) is 0 Å². The van der Waals surface area contributed by atoms with E-state index < -0.39 is 0 Å². The molecule has 1 N–H and O–H groups in total. The highest BCUT2D eigenvalue weighted by molar-refractivity contribution is 5.75. The van der Waals surface area contributed by atoms with Crippen LogP contribution < -0.4 is 5.32 Å². The predicted octanol–water partition coefficient (Wildman–Crippen LogP) is 12.6. The number of carbonyl (C=O) groups excluding carboxylic acids is 1. The molecule has 0 saturated heterocycles. The van der Waals surface area contributed by atoms with Crippen LogP contribution in [0.15, 0.2) is 0 Å². The van der Waals surface area contributed by atoms with Gasteiger partial charge in [-0.2, -0.15) is 0 Å². The van der Waals surface area contributed by atoms with Gasteiger partial charge in [0.05, 0.1) is 0 Å². The summed E-state index contributed by atoms with van der Waals surface area (Å²) >= 11 is 0. The minimum absolute atomic E-state index is 0.271. The van der Waals surface area contributed by atoms with Gasteiger partial charge in [-0.15, -0.1) is 0 Å². The van der Waals surface area contributed by atoms with Crippen LogP contribution in [0, 0.1) is 0 Å². The smallest absolute Gasteiger partial charge is 0.219 e. The summed E-state index contributed by atoms with van der Waals surface area (Å²) in [5.74, 6) is 0.271. The average molecular weight is 536 g/mol. The second-order valence-corrected chi connectivity index (χ2v) is 12.4. The van der Waals surface area contributed by atoms with Gasteiger partial charge in [-0.3, -0.25) is 4.79 Å². The molecule has 0 aromatic rings. The molecular formula is C36H73NO. The highest BCUT2D eigenvalue weighted by atomic mass is 16.1. The van der Waals surface area contributed by atoms with E-state index in [1.165, 1.54) is 186 Å². The Kier molecular flexibility index (Phi) is 34.0. The van der Waals surface area contributed by atoms with Crippen LogP contribution in [-0.4, -0.2) is 12.5 Å². The van der Waals surface area contributed by atoms with E-state index in [9.17, 15) is 4.79 Å². The number of carbonyl (C=O) groups is 1. The van der Waals surface area contributed by atoms with E-state index in [2.05, 4.69) is 19.2 Å². The molecule has 0 aromatic carbocycles. The highest BCUT2D eigenvalue weighted by Gasteiger charge is 2.01. The summed E-state index contributed by atoms with van der Waals surface area (Å²) in [6, 6.07) is 0. The summed E-state index contributed by atoms with van der Waals surface area (Å²) in [6.07, 6.45) is 44.0. The third-order valence-electron chi connectivity index (χ3n) is 8.36. The zero-order valence-electron chi connectivity index (χ0n) is 26.7. The number of hydrogen-bond acceptors (Lipinski definition) is 1. The molecule has 2 heteroatoms. The van der Waals surface area contributed by atoms with Crippen LogP contribution in [0.5, 0.6) is 0 Å². The summed E-state index contributed by atoms with van der Waals surface area (Å²) in [7, 11) is 0. The van der Waals surface area contributed by atoms with Crippen molar-refractivity contribution >= 4 is 5.91 Å². The Morgan fingerprint density at radius 2 is 0.579 bits per heavy atom. The quantitative estimate of drug-likeness (QED) is 0.0832. The maximum absolute atomic E-state index is 11.9. The lowest BCUT2D eigenvalue weighted by molar-refractivity contribution is -0.121. The van der Waals surface area contributed by atoms with Gasteiger partial charge in [0.25, 0.3) is 0 Å². The molecule has 0 unspecified atom stereocenters. The molecule has 1 amide bonds. The number of hydrogen-bond donors (Lipinski definition) is 1. The monoisotopic (exact) mass is 536 g/mol. The Morgan fingerprint density at radius 3 is 0.868 bits per heavy atom. The van der Waals surface area contributed by atoms with E-state index in [0.717, 1.165) is 25.8 Å². The minimum atomic E-state index is 0.271. The standard InChI is InChI=1S/C36H73NO/c1-3-5-7-9-11-12-13-14-15-16-17-18-19-20-21-22-23-24-25-26-27-28-29-30-32-34-36(38)37-35-33-31-10-8-6-4-2/h3-35H2,1-2H3,(H,37,38). The van der Waals surface area contributed by atoms with Gasteiger partial charge >= 0.3 is 0 Å². The molecule has 0 fully saturated rings. The first kappa shape index (κ1) is 37.5. The molecule has 0 atom stereocenters. The van der Waals surface area contributed by atoms with E-state index in [0.29, 0.717) is 0 Å². The van der Waals surface area contributed by atoms with Crippen LogP contribution >= 0.6 is 0 Å². The molecule has 0 saturated carbocycles. The first-order valence-corrected chi connectivity index (χ1v) is 18.1. The summed E-state index contributed by atoms with van der Waals surface area (Å²) in [5, 5.41) is 3.10. The molecular weight excluding hydrogens is 462 g/mol. The molecule has 0 bridgehead atoms. The second-order valence-electron chi connectivity index (χ2n) is 12.4. The van der Waals surface area contributed by atoms with Crippen molar-refractivity contribution in [3.8, 4) is 0 Å². The van der Waals surface area contributed by atoms with Gasteiger partial charge in [0, 0.05) is 13.0 Å². The third kappa shape index (κ3) is 33.5. The predicted molar refractivity (Wildman–Crippen MR) is 172 cm³/mol. The van der Waals surface area contributed by atoms with Crippen molar-refractivity contribution in [1.82, 2.24) is 5.32 Å². The van der Waals surface area contributed by atoms with E-state index in [1.807, 2.05) is 0 Å². The summed E-state index contributed by atoms with van der Waals surface area (Å²) in [4.78, 5) is 11.9. The van der Waals surface area contributed by atoms with E-state index in [1.54, 1.807) is 0 Å². The first-order valence-electron chi connectivity index (χ1n) is 18.1. The number of nitrogens with one attached hydrogen (secondary N) is 1. The van der Waals surface area contributed by atoms with Gasteiger partial charge in [0.2, 0.25) is 5.91 Å². The van der Waals surface area contributed by atoms with Crippen molar-refractivity contribution < 1.29 is 4.79 Å². The fourth-order valence-electron chi connectivity index (χ4n) is 5.65. The van der Waals surface area contributed by atoms with Gasteiger partial charge in [-0.1, -0.05) is 200 Å².